The molecule has 96 valence electrons. The minimum Gasteiger partial charge on any atom is -0.463 e. The molecule has 6 heteroatoms. The summed E-state index contributed by atoms with van der Waals surface area (Å²) in [5, 5.41) is 7.00. The monoisotopic (exact) mass is 250 g/mol. The van der Waals surface area contributed by atoms with Gasteiger partial charge in [0.2, 0.25) is 5.76 Å². The van der Waals surface area contributed by atoms with E-state index in [1.165, 1.54) is 13.4 Å². The van der Waals surface area contributed by atoms with Gasteiger partial charge in [0.05, 0.1) is 19.1 Å². The van der Waals surface area contributed by atoms with Crippen LogP contribution in [-0.2, 0) is 17.8 Å². The Morgan fingerprint density at radius 1 is 1.50 bits per heavy atom. The number of aryl methyl sites for hydroxylation is 1. The Hall–Kier alpha value is -2.08. The standard InChI is InChI=1S/C12H14N2O4/c1-8-5-10(14-18-8)7-13-6-9-3-4-17-11(9)12(15)16-2/h3-5,13H,6-7H2,1-2H3. The van der Waals surface area contributed by atoms with Crippen LogP contribution in [0.15, 0.2) is 27.3 Å². The Balaban J connectivity index is 1.90. The van der Waals surface area contributed by atoms with Gasteiger partial charge in [-0.2, -0.15) is 0 Å². The molecule has 0 aliphatic carbocycles. The number of esters is 1. The minimum absolute atomic E-state index is 0.223. The second-order valence-electron chi connectivity index (χ2n) is 3.80. The first kappa shape index (κ1) is 12.4. The average molecular weight is 250 g/mol. The summed E-state index contributed by atoms with van der Waals surface area (Å²) in [4.78, 5) is 11.4. The van der Waals surface area contributed by atoms with Crippen LogP contribution in [0.2, 0.25) is 0 Å². The second kappa shape index (κ2) is 5.50. The Kier molecular flexibility index (Phi) is 3.78. The molecule has 18 heavy (non-hydrogen) atoms. The first-order chi connectivity index (χ1) is 8.70. The summed E-state index contributed by atoms with van der Waals surface area (Å²) in [6.45, 7) is 2.89. The number of rotatable bonds is 5. The molecule has 0 atom stereocenters. The van der Waals surface area contributed by atoms with E-state index >= 15 is 0 Å². The van der Waals surface area contributed by atoms with Crippen molar-refractivity contribution in [1.82, 2.24) is 10.5 Å². The van der Waals surface area contributed by atoms with E-state index in [1.54, 1.807) is 6.07 Å². The number of nitrogens with zero attached hydrogens (tertiary/aromatic N) is 1. The van der Waals surface area contributed by atoms with Crippen LogP contribution in [0.5, 0.6) is 0 Å². The molecule has 0 amide bonds. The molecular formula is C12H14N2O4. The fraction of sp³-hybridized carbons (Fsp3) is 0.333. The van der Waals surface area contributed by atoms with Crippen molar-refractivity contribution in [2.24, 2.45) is 0 Å². The Bertz CT molecular complexity index is 530. The van der Waals surface area contributed by atoms with Gasteiger partial charge in [-0.15, -0.1) is 0 Å². The zero-order valence-electron chi connectivity index (χ0n) is 10.2. The van der Waals surface area contributed by atoms with Gasteiger partial charge < -0.3 is 19.0 Å². The Labute approximate surface area is 104 Å². The average Bonchev–Trinajstić information content (AvgIpc) is 2.98. The number of carbonyl (C=O) groups is 1. The number of ether oxygens (including phenoxy) is 1. The van der Waals surface area contributed by atoms with Gasteiger partial charge in [0.15, 0.2) is 0 Å². The molecule has 0 aromatic carbocycles. The molecule has 0 saturated heterocycles. The zero-order chi connectivity index (χ0) is 13.0. The Morgan fingerprint density at radius 3 is 3.00 bits per heavy atom. The zero-order valence-corrected chi connectivity index (χ0v) is 10.2. The molecule has 2 heterocycles. The maximum absolute atomic E-state index is 11.4. The molecule has 0 fully saturated rings. The number of hydrogen-bond donors (Lipinski definition) is 1. The molecule has 0 aliphatic heterocycles. The molecule has 0 unspecified atom stereocenters. The highest BCUT2D eigenvalue weighted by molar-refractivity contribution is 5.87. The highest BCUT2D eigenvalue weighted by Crippen LogP contribution is 2.11. The predicted molar refractivity (Wildman–Crippen MR) is 61.8 cm³/mol. The third-order valence-corrected chi connectivity index (χ3v) is 2.42. The minimum atomic E-state index is -0.478. The summed E-state index contributed by atoms with van der Waals surface area (Å²) in [5.41, 5.74) is 1.57. The summed E-state index contributed by atoms with van der Waals surface area (Å²) >= 11 is 0. The number of carbonyl (C=O) groups excluding carboxylic acids is 1. The molecule has 2 aromatic rings. The topological polar surface area (TPSA) is 77.5 Å². The third kappa shape index (κ3) is 2.78. The van der Waals surface area contributed by atoms with E-state index in [1.807, 2.05) is 13.0 Å². The van der Waals surface area contributed by atoms with Crippen molar-refractivity contribution in [1.29, 1.82) is 0 Å². The van der Waals surface area contributed by atoms with Crippen LogP contribution >= 0.6 is 0 Å². The molecule has 2 rings (SSSR count). The lowest BCUT2D eigenvalue weighted by molar-refractivity contribution is 0.0563. The van der Waals surface area contributed by atoms with E-state index in [2.05, 4.69) is 15.2 Å². The van der Waals surface area contributed by atoms with E-state index in [9.17, 15) is 4.79 Å². The number of hydrogen-bond acceptors (Lipinski definition) is 6. The second-order valence-corrected chi connectivity index (χ2v) is 3.80. The summed E-state index contributed by atoms with van der Waals surface area (Å²) in [6, 6.07) is 3.58. The number of nitrogens with one attached hydrogen (secondary N) is 1. The van der Waals surface area contributed by atoms with Gasteiger partial charge in [-0.3, -0.25) is 0 Å². The van der Waals surface area contributed by atoms with Crippen LogP contribution in [0, 0.1) is 6.92 Å². The van der Waals surface area contributed by atoms with Crippen molar-refractivity contribution in [3.63, 3.8) is 0 Å². The van der Waals surface area contributed by atoms with Crippen LogP contribution in [0.1, 0.15) is 27.6 Å². The SMILES string of the molecule is COC(=O)c1occc1CNCc1cc(C)on1. The van der Waals surface area contributed by atoms with Gasteiger partial charge in [0.1, 0.15) is 5.76 Å². The van der Waals surface area contributed by atoms with Crippen molar-refractivity contribution in [3.05, 3.63) is 41.2 Å². The molecule has 1 N–H and O–H groups in total. The largest absolute Gasteiger partial charge is 0.463 e. The van der Waals surface area contributed by atoms with Crippen molar-refractivity contribution < 1.29 is 18.5 Å². The smallest absolute Gasteiger partial charge is 0.374 e. The van der Waals surface area contributed by atoms with Gasteiger partial charge in [0, 0.05) is 24.7 Å². The fourth-order valence-corrected chi connectivity index (χ4v) is 1.57. The van der Waals surface area contributed by atoms with Crippen LogP contribution < -0.4 is 5.32 Å². The lowest BCUT2D eigenvalue weighted by Crippen LogP contribution is -2.15. The maximum Gasteiger partial charge on any atom is 0.374 e. The lowest BCUT2D eigenvalue weighted by Gasteiger charge is -2.02. The van der Waals surface area contributed by atoms with Crippen LogP contribution in [0.3, 0.4) is 0 Å². The van der Waals surface area contributed by atoms with Gasteiger partial charge in [-0.25, -0.2) is 4.79 Å². The highest BCUT2D eigenvalue weighted by atomic mass is 16.5. The first-order valence-electron chi connectivity index (χ1n) is 5.48. The van der Waals surface area contributed by atoms with Crippen molar-refractivity contribution in [2.75, 3.05) is 7.11 Å². The summed E-state index contributed by atoms with van der Waals surface area (Å²) < 4.78 is 14.6. The van der Waals surface area contributed by atoms with E-state index in [0.29, 0.717) is 13.1 Å². The van der Waals surface area contributed by atoms with Gasteiger partial charge in [-0.1, -0.05) is 5.16 Å². The fourth-order valence-electron chi connectivity index (χ4n) is 1.57. The van der Waals surface area contributed by atoms with Crippen molar-refractivity contribution in [3.8, 4) is 0 Å². The Morgan fingerprint density at radius 2 is 2.33 bits per heavy atom. The van der Waals surface area contributed by atoms with Crippen LogP contribution in [0.25, 0.3) is 0 Å². The molecule has 0 radical (unpaired) electrons. The predicted octanol–water partition coefficient (Wildman–Crippen LogP) is 1.65. The number of furan rings is 1. The van der Waals surface area contributed by atoms with E-state index in [0.717, 1.165) is 17.0 Å². The van der Waals surface area contributed by atoms with Gasteiger partial charge in [0.25, 0.3) is 0 Å². The van der Waals surface area contributed by atoms with Crippen LogP contribution in [0.4, 0.5) is 0 Å². The first-order valence-corrected chi connectivity index (χ1v) is 5.48. The van der Waals surface area contributed by atoms with Crippen molar-refractivity contribution >= 4 is 5.97 Å². The molecule has 6 nitrogen and oxygen atoms in total. The maximum atomic E-state index is 11.4. The van der Waals surface area contributed by atoms with E-state index in [-0.39, 0.29) is 5.76 Å². The summed E-state index contributed by atoms with van der Waals surface area (Å²) in [5.74, 6) is 0.515. The molecule has 0 spiro atoms. The molecule has 0 aliphatic rings. The summed E-state index contributed by atoms with van der Waals surface area (Å²) in [7, 11) is 1.32. The molecule has 0 saturated carbocycles. The lowest BCUT2D eigenvalue weighted by atomic mass is 10.2. The van der Waals surface area contributed by atoms with E-state index < -0.39 is 5.97 Å². The van der Waals surface area contributed by atoms with Gasteiger partial charge in [-0.05, 0) is 13.0 Å². The van der Waals surface area contributed by atoms with E-state index in [4.69, 9.17) is 8.94 Å². The number of methoxy groups -OCH3 is 1. The molecule has 2 aromatic heterocycles. The van der Waals surface area contributed by atoms with Crippen molar-refractivity contribution in [2.45, 2.75) is 20.0 Å². The van der Waals surface area contributed by atoms with Gasteiger partial charge >= 0.3 is 5.97 Å². The number of aromatic nitrogens is 1. The molecule has 0 bridgehead atoms. The summed E-state index contributed by atoms with van der Waals surface area (Å²) in [6.07, 6.45) is 1.46. The molecular weight excluding hydrogens is 236 g/mol. The normalized spacial score (nSPS) is 10.6. The quantitative estimate of drug-likeness (QED) is 0.813. The highest BCUT2D eigenvalue weighted by Gasteiger charge is 2.15. The van der Waals surface area contributed by atoms with Crippen LogP contribution in [-0.4, -0.2) is 18.2 Å². The third-order valence-electron chi connectivity index (χ3n) is 2.42.